The van der Waals surface area contributed by atoms with E-state index in [1.165, 1.54) is 17.6 Å². The minimum Gasteiger partial charge on any atom is -0.395 e. The number of aliphatic hydroxyl groups excluding tert-OH is 1. The van der Waals surface area contributed by atoms with E-state index in [4.69, 9.17) is 5.21 Å². The zero-order valence-electron chi connectivity index (χ0n) is 15.8. The van der Waals surface area contributed by atoms with Gasteiger partial charge in [0.2, 0.25) is 0 Å². The fourth-order valence-electron chi connectivity index (χ4n) is 3.17. The lowest BCUT2D eigenvalue weighted by Crippen LogP contribution is -2.29. The van der Waals surface area contributed by atoms with Gasteiger partial charge in [-0.1, -0.05) is 12.1 Å². The number of benzene rings is 1. The number of aliphatic hydroxyl groups is 1. The summed E-state index contributed by atoms with van der Waals surface area (Å²) in [5, 5.41) is 18.9. The number of H-pyrrole nitrogens is 1. The summed E-state index contributed by atoms with van der Waals surface area (Å²) in [4.78, 5) is 20.4. The molecule has 0 radical (unpaired) electrons. The maximum absolute atomic E-state index is 14.5. The third-order valence-corrected chi connectivity index (χ3v) is 4.67. The number of aromatic amines is 1. The summed E-state index contributed by atoms with van der Waals surface area (Å²) in [5.41, 5.74) is 4.47. The van der Waals surface area contributed by atoms with E-state index < -0.39 is 11.7 Å². The van der Waals surface area contributed by atoms with Gasteiger partial charge in [0.25, 0.3) is 5.91 Å². The van der Waals surface area contributed by atoms with Crippen LogP contribution in [0.3, 0.4) is 0 Å². The first-order valence-corrected chi connectivity index (χ1v) is 9.25. The molecule has 7 nitrogen and oxygen atoms in total. The number of hydroxylamine groups is 1. The average Bonchev–Trinajstić information content (AvgIpc) is 3.21. The van der Waals surface area contributed by atoms with Crippen molar-refractivity contribution in [3.05, 3.63) is 71.3 Å². The fourth-order valence-corrected chi connectivity index (χ4v) is 3.17. The highest BCUT2D eigenvalue weighted by molar-refractivity contribution is 5.90. The Bertz CT molecular complexity index is 1000. The maximum Gasteiger partial charge on any atom is 0.267 e. The molecular formula is C21H23FN4O3. The van der Waals surface area contributed by atoms with Gasteiger partial charge in [0.05, 0.1) is 6.61 Å². The number of amides is 1. The smallest absolute Gasteiger partial charge is 0.267 e. The van der Waals surface area contributed by atoms with Crippen molar-refractivity contribution in [1.29, 1.82) is 0 Å². The second-order valence-corrected chi connectivity index (χ2v) is 6.62. The molecule has 3 rings (SSSR count). The molecule has 152 valence electrons. The lowest BCUT2D eigenvalue weighted by atomic mass is 10.1. The molecule has 0 aliphatic heterocycles. The highest BCUT2D eigenvalue weighted by Gasteiger charge is 2.11. The number of nitrogens with one attached hydrogen (secondary N) is 2. The summed E-state index contributed by atoms with van der Waals surface area (Å²) in [6.07, 6.45) is 6.88. The molecule has 0 saturated heterocycles. The second-order valence-electron chi connectivity index (χ2n) is 6.62. The van der Waals surface area contributed by atoms with Crippen LogP contribution in [0.4, 0.5) is 4.39 Å². The van der Waals surface area contributed by atoms with Crippen LogP contribution < -0.4 is 5.48 Å². The summed E-state index contributed by atoms with van der Waals surface area (Å²) in [6.45, 7) is 1.42. The molecule has 1 amide bonds. The molecule has 4 N–H and O–H groups in total. The molecular weight excluding hydrogens is 375 g/mol. The van der Waals surface area contributed by atoms with Crippen molar-refractivity contribution in [2.45, 2.75) is 13.0 Å². The van der Waals surface area contributed by atoms with Crippen LogP contribution in [0, 0.1) is 5.82 Å². The van der Waals surface area contributed by atoms with Crippen LogP contribution in [-0.4, -0.2) is 50.8 Å². The Hall–Kier alpha value is -3.07. The van der Waals surface area contributed by atoms with E-state index >= 15 is 0 Å². The number of carbonyl (C=O) groups is 1. The number of fused-ring (bicyclic) bond motifs is 1. The highest BCUT2D eigenvalue weighted by atomic mass is 19.1. The summed E-state index contributed by atoms with van der Waals surface area (Å²) in [6, 6.07) is 8.64. The van der Waals surface area contributed by atoms with E-state index in [0.717, 1.165) is 29.1 Å². The minimum absolute atomic E-state index is 0.0192. The van der Waals surface area contributed by atoms with E-state index in [1.54, 1.807) is 18.3 Å². The van der Waals surface area contributed by atoms with Crippen molar-refractivity contribution in [2.75, 3.05) is 19.7 Å². The molecule has 8 heteroatoms. The highest BCUT2D eigenvalue weighted by Crippen LogP contribution is 2.18. The van der Waals surface area contributed by atoms with Gasteiger partial charge in [-0.2, -0.15) is 0 Å². The third kappa shape index (κ3) is 5.47. The standard InChI is InChI=1S/C21H23FN4O3/c22-19-13-15(2-4-20(28)25-29)1-3-17(19)14-26(11-12-27)10-7-16-5-8-23-21-18(16)6-9-24-21/h1-6,8-9,13,27,29H,7,10-12,14H2,(H,23,24)(H,25,28)/b4-2+. The molecule has 0 atom stereocenters. The topological polar surface area (TPSA) is 101 Å². The van der Waals surface area contributed by atoms with Gasteiger partial charge in [-0.25, -0.2) is 14.9 Å². The zero-order valence-corrected chi connectivity index (χ0v) is 15.8. The van der Waals surface area contributed by atoms with E-state index in [0.29, 0.717) is 30.8 Å². The zero-order chi connectivity index (χ0) is 20.6. The Labute approximate surface area is 167 Å². The van der Waals surface area contributed by atoms with Crippen LogP contribution in [0.2, 0.25) is 0 Å². The van der Waals surface area contributed by atoms with Gasteiger partial charge >= 0.3 is 0 Å². The molecule has 0 aliphatic rings. The molecule has 29 heavy (non-hydrogen) atoms. The Morgan fingerprint density at radius 1 is 1.24 bits per heavy atom. The van der Waals surface area contributed by atoms with Crippen LogP contribution in [0.25, 0.3) is 17.1 Å². The number of hydrogen-bond donors (Lipinski definition) is 4. The molecule has 3 aromatic rings. The third-order valence-electron chi connectivity index (χ3n) is 4.67. The van der Waals surface area contributed by atoms with Crippen molar-refractivity contribution in [1.82, 2.24) is 20.3 Å². The van der Waals surface area contributed by atoms with Crippen molar-refractivity contribution in [3.8, 4) is 0 Å². The lowest BCUT2D eigenvalue weighted by molar-refractivity contribution is -0.124. The number of pyridine rings is 1. The molecule has 0 bridgehead atoms. The van der Waals surface area contributed by atoms with E-state index in [1.807, 2.05) is 23.2 Å². The van der Waals surface area contributed by atoms with Crippen molar-refractivity contribution >= 4 is 23.0 Å². The summed E-state index contributed by atoms with van der Waals surface area (Å²) in [7, 11) is 0. The number of aromatic nitrogens is 2. The number of hydrogen-bond acceptors (Lipinski definition) is 5. The normalized spacial score (nSPS) is 11.6. The molecule has 0 unspecified atom stereocenters. The van der Waals surface area contributed by atoms with E-state index in [-0.39, 0.29) is 6.61 Å². The first kappa shape index (κ1) is 20.7. The van der Waals surface area contributed by atoms with Crippen LogP contribution in [0.5, 0.6) is 0 Å². The number of rotatable bonds is 9. The fraction of sp³-hybridized carbons (Fsp3) is 0.238. The van der Waals surface area contributed by atoms with Gasteiger partial charge in [0.15, 0.2) is 0 Å². The van der Waals surface area contributed by atoms with Gasteiger partial charge in [-0.15, -0.1) is 0 Å². The average molecular weight is 398 g/mol. The Morgan fingerprint density at radius 2 is 2.10 bits per heavy atom. The van der Waals surface area contributed by atoms with Crippen molar-refractivity contribution < 1.29 is 19.5 Å². The number of nitrogens with zero attached hydrogens (tertiary/aromatic N) is 2. The van der Waals surface area contributed by atoms with Gasteiger partial charge in [0, 0.05) is 49.1 Å². The molecule has 0 spiro atoms. The SMILES string of the molecule is O=C(/C=C/c1ccc(CN(CCO)CCc2ccnc3[nH]ccc23)c(F)c1)NO. The van der Waals surface area contributed by atoms with Crippen molar-refractivity contribution in [2.24, 2.45) is 0 Å². The number of halogens is 1. The largest absolute Gasteiger partial charge is 0.395 e. The Balaban J connectivity index is 1.67. The summed E-state index contributed by atoms with van der Waals surface area (Å²) in [5.74, 6) is -1.08. The summed E-state index contributed by atoms with van der Waals surface area (Å²) < 4.78 is 14.5. The first-order chi connectivity index (χ1) is 14.1. The number of carbonyl (C=O) groups excluding carboxylic acids is 1. The molecule has 0 aliphatic carbocycles. The molecule has 0 fully saturated rings. The van der Waals surface area contributed by atoms with Crippen LogP contribution >= 0.6 is 0 Å². The lowest BCUT2D eigenvalue weighted by Gasteiger charge is -2.22. The quantitative estimate of drug-likeness (QED) is 0.252. The first-order valence-electron chi connectivity index (χ1n) is 9.25. The van der Waals surface area contributed by atoms with Crippen LogP contribution in [0.1, 0.15) is 16.7 Å². The van der Waals surface area contributed by atoms with Crippen molar-refractivity contribution in [3.63, 3.8) is 0 Å². The summed E-state index contributed by atoms with van der Waals surface area (Å²) >= 11 is 0. The minimum atomic E-state index is -0.684. The van der Waals surface area contributed by atoms with Gasteiger partial charge in [-0.05, 0) is 41.8 Å². The van der Waals surface area contributed by atoms with E-state index in [9.17, 15) is 14.3 Å². The van der Waals surface area contributed by atoms with Gasteiger partial charge in [-0.3, -0.25) is 14.9 Å². The van der Waals surface area contributed by atoms with E-state index in [2.05, 4.69) is 9.97 Å². The predicted octanol–water partition coefficient (Wildman–Crippen LogP) is 2.26. The monoisotopic (exact) mass is 398 g/mol. The van der Waals surface area contributed by atoms with Gasteiger partial charge in [0.1, 0.15) is 11.5 Å². The second kappa shape index (κ2) is 9.92. The Kier molecular flexibility index (Phi) is 7.07. The molecule has 0 saturated carbocycles. The maximum atomic E-state index is 14.5. The molecule has 1 aromatic carbocycles. The predicted molar refractivity (Wildman–Crippen MR) is 108 cm³/mol. The molecule has 2 heterocycles. The van der Waals surface area contributed by atoms with Crippen LogP contribution in [-0.2, 0) is 17.8 Å². The van der Waals surface area contributed by atoms with Gasteiger partial charge < -0.3 is 10.1 Å². The van der Waals surface area contributed by atoms with Crippen LogP contribution in [0.15, 0.2) is 48.8 Å². The molecule has 2 aromatic heterocycles. The Morgan fingerprint density at radius 3 is 2.86 bits per heavy atom.